The SMILES string of the molecule is COc1ccccc1N(CCCC(=O)N[C@H]1CC(C)(C)Oc2cc(C)ccc21)S(C)(=O)=O. The number of aryl methyl sites for hydroxylation is 1. The number of nitrogens with one attached hydrogen (secondary N) is 1. The van der Waals surface area contributed by atoms with E-state index in [1.165, 1.54) is 11.4 Å². The highest BCUT2D eigenvalue weighted by molar-refractivity contribution is 7.92. The molecule has 0 spiro atoms. The lowest BCUT2D eigenvalue weighted by atomic mass is 9.89. The Morgan fingerprint density at radius 1 is 1.25 bits per heavy atom. The number of hydrogen-bond acceptors (Lipinski definition) is 5. The third-order valence-corrected chi connectivity index (χ3v) is 6.66. The molecule has 2 aromatic rings. The van der Waals surface area contributed by atoms with Crippen LogP contribution in [-0.4, -0.2) is 39.8 Å². The number of sulfonamides is 1. The van der Waals surface area contributed by atoms with E-state index in [1.54, 1.807) is 24.3 Å². The topological polar surface area (TPSA) is 84.9 Å². The molecule has 0 unspecified atom stereocenters. The first-order valence-electron chi connectivity index (χ1n) is 10.7. The molecule has 7 nitrogen and oxygen atoms in total. The fourth-order valence-corrected chi connectivity index (χ4v) is 5.01. The van der Waals surface area contributed by atoms with Gasteiger partial charge in [-0.25, -0.2) is 8.42 Å². The van der Waals surface area contributed by atoms with Crippen LogP contribution in [0.4, 0.5) is 5.69 Å². The third-order valence-electron chi connectivity index (χ3n) is 5.48. The summed E-state index contributed by atoms with van der Waals surface area (Å²) in [7, 11) is -2.03. The van der Waals surface area contributed by atoms with Crippen LogP contribution in [0.5, 0.6) is 11.5 Å². The number of anilines is 1. The zero-order chi connectivity index (χ0) is 23.5. The highest BCUT2D eigenvalue weighted by Gasteiger charge is 2.34. The van der Waals surface area contributed by atoms with E-state index in [-0.39, 0.29) is 24.9 Å². The number of nitrogens with zero attached hydrogens (tertiary/aromatic N) is 1. The lowest BCUT2D eigenvalue weighted by Crippen LogP contribution is -2.41. The maximum atomic E-state index is 12.7. The number of amides is 1. The van der Waals surface area contributed by atoms with Gasteiger partial charge in [-0.05, 0) is 51.0 Å². The largest absolute Gasteiger partial charge is 0.495 e. The standard InChI is InChI=1S/C24H32N2O5S/c1-17-12-13-18-19(16-24(2,3)31-22(18)15-17)25-23(27)11-8-14-26(32(5,28)29)20-9-6-7-10-21(20)30-4/h6-7,9-10,12-13,15,19H,8,11,14,16H2,1-5H3,(H,25,27)/t19-/m0/s1. The van der Waals surface area contributed by atoms with Crippen LogP contribution in [0.3, 0.4) is 0 Å². The van der Waals surface area contributed by atoms with Gasteiger partial charge in [0.2, 0.25) is 15.9 Å². The first-order chi connectivity index (χ1) is 15.0. The number of ether oxygens (including phenoxy) is 2. The van der Waals surface area contributed by atoms with Gasteiger partial charge in [0.05, 0.1) is 25.1 Å². The van der Waals surface area contributed by atoms with Crippen molar-refractivity contribution in [2.24, 2.45) is 0 Å². The minimum atomic E-state index is -3.53. The van der Waals surface area contributed by atoms with Gasteiger partial charge in [0.1, 0.15) is 17.1 Å². The van der Waals surface area contributed by atoms with Crippen LogP contribution in [-0.2, 0) is 14.8 Å². The fourth-order valence-electron chi connectivity index (χ4n) is 4.04. The predicted molar refractivity (Wildman–Crippen MR) is 126 cm³/mol. The lowest BCUT2D eigenvalue weighted by molar-refractivity contribution is -0.122. The molecule has 0 radical (unpaired) electrons. The maximum absolute atomic E-state index is 12.7. The highest BCUT2D eigenvalue weighted by Crippen LogP contribution is 2.40. The summed E-state index contributed by atoms with van der Waals surface area (Å²) in [6.45, 7) is 6.21. The van der Waals surface area contributed by atoms with E-state index in [1.807, 2.05) is 39.0 Å². The minimum absolute atomic E-state index is 0.118. The molecule has 32 heavy (non-hydrogen) atoms. The second-order valence-electron chi connectivity index (χ2n) is 8.84. The zero-order valence-electron chi connectivity index (χ0n) is 19.3. The molecule has 1 N–H and O–H groups in total. The summed E-state index contributed by atoms with van der Waals surface area (Å²) in [5.74, 6) is 1.15. The number of hydrogen-bond donors (Lipinski definition) is 1. The van der Waals surface area contributed by atoms with E-state index in [9.17, 15) is 13.2 Å². The molecule has 1 atom stereocenters. The van der Waals surface area contributed by atoms with E-state index in [2.05, 4.69) is 5.32 Å². The van der Waals surface area contributed by atoms with Crippen LogP contribution >= 0.6 is 0 Å². The van der Waals surface area contributed by atoms with Gasteiger partial charge in [0.15, 0.2) is 0 Å². The molecule has 0 fully saturated rings. The normalized spacial score (nSPS) is 17.1. The molecule has 8 heteroatoms. The van der Waals surface area contributed by atoms with Gasteiger partial charge in [-0.1, -0.05) is 24.3 Å². The average Bonchev–Trinajstić information content (AvgIpc) is 2.69. The van der Waals surface area contributed by atoms with Crippen LogP contribution in [0.2, 0.25) is 0 Å². The molecule has 0 saturated heterocycles. The molecule has 1 heterocycles. The van der Waals surface area contributed by atoms with Crippen LogP contribution in [0.25, 0.3) is 0 Å². The molecule has 3 rings (SSSR count). The van der Waals surface area contributed by atoms with Gasteiger partial charge in [0.25, 0.3) is 0 Å². The molecular formula is C24H32N2O5S. The second kappa shape index (κ2) is 9.40. The monoisotopic (exact) mass is 460 g/mol. The van der Waals surface area contributed by atoms with Crippen molar-refractivity contribution >= 4 is 21.6 Å². The van der Waals surface area contributed by atoms with Crippen LogP contribution in [0.15, 0.2) is 42.5 Å². The lowest BCUT2D eigenvalue weighted by Gasteiger charge is -2.38. The van der Waals surface area contributed by atoms with Crippen molar-refractivity contribution in [3.8, 4) is 11.5 Å². The van der Waals surface area contributed by atoms with Crippen molar-refractivity contribution in [2.45, 2.75) is 51.7 Å². The molecule has 1 aliphatic heterocycles. The highest BCUT2D eigenvalue weighted by atomic mass is 32.2. The molecule has 1 aliphatic rings. The summed E-state index contributed by atoms with van der Waals surface area (Å²) >= 11 is 0. The summed E-state index contributed by atoms with van der Waals surface area (Å²) in [5.41, 5.74) is 2.14. The maximum Gasteiger partial charge on any atom is 0.232 e. The van der Waals surface area contributed by atoms with Gasteiger partial charge < -0.3 is 14.8 Å². The molecule has 0 bridgehead atoms. The number of fused-ring (bicyclic) bond motifs is 1. The van der Waals surface area contributed by atoms with Crippen LogP contribution in [0.1, 0.15) is 50.3 Å². The molecular weight excluding hydrogens is 428 g/mol. The Balaban J connectivity index is 1.67. The van der Waals surface area contributed by atoms with Crippen molar-refractivity contribution in [3.63, 3.8) is 0 Å². The van der Waals surface area contributed by atoms with Gasteiger partial charge in [0, 0.05) is 24.9 Å². The summed E-state index contributed by atoms with van der Waals surface area (Å²) in [6.07, 6.45) is 2.40. The smallest absolute Gasteiger partial charge is 0.232 e. The first-order valence-corrected chi connectivity index (χ1v) is 12.5. The Hall–Kier alpha value is -2.74. The van der Waals surface area contributed by atoms with E-state index in [0.29, 0.717) is 24.3 Å². The van der Waals surface area contributed by atoms with E-state index < -0.39 is 15.6 Å². The minimum Gasteiger partial charge on any atom is -0.495 e. The van der Waals surface area contributed by atoms with Crippen molar-refractivity contribution in [1.29, 1.82) is 0 Å². The van der Waals surface area contributed by atoms with E-state index >= 15 is 0 Å². The number of carbonyl (C=O) groups excluding carboxylic acids is 1. The number of methoxy groups -OCH3 is 1. The third kappa shape index (κ3) is 5.73. The average molecular weight is 461 g/mol. The zero-order valence-corrected chi connectivity index (χ0v) is 20.2. The van der Waals surface area contributed by atoms with Gasteiger partial charge >= 0.3 is 0 Å². The Kier molecular flexibility index (Phi) is 7.03. The van der Waals surface area contributed by atoms with Gasteiger partial charge in [-0.15, -0.1) is 0 Å². The number of para-hydroxylation sites is 2. The molecule has 2 aromatic carbocycles. The molecule has 0 aliphatic carbocycles. The van der Waals surface area contributed by atoms with E-state index in [4.69, 9.17) is 9.47 Å². The van der Waals surface area contributed by atoms with E-state index in [0.717, 1.165) is 23.1 Å². The van der Waals surface area contributed by atoms with Crippen molar-refractivity contribution in [1.82, 2.24) is 5.32 Å². The molecule has 0 saturated carbocycles. The predicted octanol–water partition coefficient (Wildman–Crippen LogP) is 3.97. The Morgan fingerprint density at radius 3 is 2.66 bits per heavy atom. The summed E-state index contributed by atoms with van der Waals surface area (Å²) in [4.78, 5) is 12.7. The van der Waals surface area contributed by atoms with Gasteiger partial charge in [-0.2, -0.15) is 0 Å². The van der Waals surface area contributed by atoms with Crippen LogP contribution in [0, 0.1) is 6.92 Å². The summed E-state index contributed by atoms with van der Waals surface area (Å²) in [6, 6.07) is 12.8. The van der Waals surface area contributed by atoms with Gasteiger partial charge in [-0.3, -0.25) is 9.10 Å². The summed E-state index contributed by atoms with van der Waals surface area (Å²) in [5, 5.41) is 3.11. The molecule has 174 valence electrons. The Morgan fingerprint density at radius 2 is 1.97 bits per heavy atom. The Bertz CT molecular complexity index is 1080. The first kappa shape index (κ1) is 23.9. The van der Waals surface area contributed by atoms with Crippen molar-refractivity contribution < 1.29 is 22.7 Å². The van der Waals surface area contributed by atoms with Crippen molar-refractivity contribution in [2.75, 3.05) is 24.2 Å². The molecule has 0 aromatic heterocycles. The number of rotatable bonds is 8. The van der Waals surface area contributed by atoms with Crippen LogP contribution < -0.4 is 19.1 Å². The fraction of sp³-hybridized carbons (Fsp3) is 0.458. The number of carbonyl (C=O) groups is 1. The van der Waals surface area contributed by atoms with Crippen molar-refractivity contribution in [3.05, 3.63) is 53.6 Å². The second-order valence-corrected chi connectivity index (χ2v) is 10.7. The number of benzene rings is 2. The molecule has 1 amide bonds. The Labute approximate surface area is 190 Å². The summed E-state index contributed by atoms with van der Waals surface area (Å²) < 4.78 is 37.5. The quantitative estimate of drug-likeness (QED) is 0.644.